The first-order chi connectivity index (χ1) is 10.2. The van der Waals surface area contributed by atoms with Crippen LogP contribution in [0.15, 0.2) is 48.8 Å². The van der Waals surface area contributed by atoms with Gasteiger partial charge < -0.3 is 0 Å². The van der Waals surface area contributed by atoms with Gasteiger partial charge in [0, 0.05) is 37.1 Å². The lowest BCUT2D eigenvalue weighted by Gasteiger charge is -2.24. The van der Waals surface area contributed by atoms with Gasteiger partial charge in [-0.05, 0) is 36.6 Å². The summed E-state index contributed by atoms with van der Waals surface area (Å²) in [5, 5.41) is 10.7. The maximum atomic E-state index is 10.7. The third kappa shape index (κ3) is 3.08. The quantitative estimate of drug-likeness (QED) is 0.638. The number of nitro groups is 1. The molecule has 1 aromatic carbocycles. The number of aromatic nitrogens is 1. The van der Waals surface area contributed by atoms with Crippen LogP contribution in [0.4, 0.5) is 5.69 Å². The highest BCUT2D eigenvalue weighted by atomic mass is 16.6. The van der Waals surface area contributed by atoms with Gasteiger partial charge in [-0.15, -0.1) is 0 Å². The fourth-order valence-electron chi connectivity index (χ4n) is 2.92. The Morgan fingerprint density at radius 1 is 1.29 bits per heavy atom. The SMILES string of the molecule is O=[N+]([O-])c1ccc(CN2CCCC2c2cccnc2)cc1. The van der Waals surface area contributed by atoms with Gasteiger partial charge in [-0.1, -0.05) is 18.2 Å². The highest BCUT2D eigenvalue weighted by molar-refractivity contribution is 5.33. The van der Waals surface area contributed by atoms with Gasteiger partial charge in [0.05, 0.1) is 4.92 Å². The van der Waals surface area contributed by atoms with Gasteiger partial charge in [0.2, 0.25) is 0 Å². The highest BCUT2D eigenvalue weighted by Gasteiger charge is 2.26. The van der Waals surface area contributed by atoms with Crippen molar-refractivity contribution in [1.82, 2.24) is 9.88 Å². The Hall–Kier alpha value is -2.27. The smallest absolute Gasteiger partial charge is 0.269 e. The average molecular weight is 283 g/mol. The van der Waals surface area contributed by atoms with Crippen LogP contribution >= 0.6 is 0 Å². The molecule has 0 aliphatic carbocycles. The summed E-state index contributed by atoms with van der Waals surface area (Å²) in [4.78, 5) is 16.9. The number of nitrogens with zero attached hydrogens (tertiary/aromatic N) is 3. The monoisotopic (exact) mass is 283 g/mol. The highest BCUT2D eigenvalue weighted by Crippen LogP contribution is 2.32. The zero-order valence-electron chi connectivity index (χ0n) is 11.7. The number of non-ortho nitro benzene ring substituents is 1. The zero-order valence-corrected chi connectivity index (χ0v) is 11.7. The Labute approximate surface area is 123 Å². The molecule has 1 saturated heterocycles. The maximum absolute atomic E-state index is 10.7. The van der Waals surface area contributed by atoms with E-state index < -0.39 is 0 Å². The van der Waals surface area contributed by atoms with Gasteiger partial charge >= 0.3 is 0 Å². The Kier molecular flexibility index (Phi) is 3.92. The van der Waals surface area contributed by atoms with Crippen molar-refractivity contribution >= 4 is 5.69 Å². The van der Waals surface area contributed by atoms with Crippen molar-refractivity contribution in [3.8, 4) is 0 Å². The summed E-state index contributed by atoms with van der Waals surface area (Å²) >= 11 is 0. The molecule has 1 atom stereocenters. The minimum Gasteiger partial charge on any atom is -0.292 e. The molecule has 108 valence electrons. The second-order valence-electron chi connectivity index (χ2n) is 5.34. The lowest BCUT2D eigenvalue weighted by molar-refractivity contribution is -0.384. The summed E-state index contributed by atoms with van der Waals surface area (Å²) in [5.74, 6) is 0. The molecule has 1 fully saturated rings. The number of rotatable bonds is 4. The summed E-state index contributed by atoms with van der Waals surface area (Å²) in [7, 11) is 0. The van der Waals surface area contributed by atoms with E-state index in [4.69, 9.17) is 0 Å². The number of hydrogen-bond donors (Lipinski definition) is 0. The Bertz CT molecular complexity index is 613. The van der Waals surface area contributed by atoms with Gasteiger partial charge in [-0.25, -0.2) is 0 Å². The zero-order chi connectivity index (χ0) is 14.7. The van der Waals surface area contributed by atoms with E-state index in [2.05, 4.69) is 16.0 Å². The fourth-order valence-corrected chi connectivity index (χ4v) is 2.92. The molecule has 21 heavy (non-hydrogen) atoms. The van der Waals surface area contributed by atoms with E-state index in [9.17, 15) is 10.1 Å². The van der Waals surface area contributed by atoms with E-state index in [0.717, 1.165) is 25.1 Å². The van der Waals surface area contributed by atoms with Crippen LogP contribution in [0.5, 0.6) is 0 Å². The van der Waals surface area contributed by atoms with Crippen LogP contribution in [-0.4, -0.2) is 21.4 Å². The largest absolute Gasteiger partial charge is 0.292 e. The summed E-state index contributed by atoms with van der Waals surface area (Å²) in [5.41, 5.74) is 2.50. The molecule has 0 amide bonds. The predicted octanol–water partition coefficient (Wildman–Crippen LogP) is 3.33. The van der Waals surface area contributed by atoms with Crippen LogP contribution in [0.25, 0.3) is 0 Å². The standard InChI is InChI=1S/C16H17N3O2/c20-19(21)15-7-5-13(6-8-15)12-18-10-2-4-16(18)14-3-1-9-17-11-14/h1,3,5-9,11,16H,2,4,10,12H2. The first kappa shape index (κ1) is 13.7. The number of pyridine rings is 1. The third-order valence-electron chi connectivity index (χ3n) is 3.97. The first-order valence-electron chi connectivity index (χ1n) is 7.11. The second kappa shape index (κ2) is 6.01. The maximum Gasteiger partial charge on any atom is 0.269 e. The molecular weight excluding hydrogens is 266 g/mol. The molecule has 0 bridgehead atoms. The minimum absolute atomic E-state index is 0.143. The molecule has 3 rings (SSSR count). The third-order valence-corrected chi connectivity index (χ3v) is 3.97. The van der Waals surface area contributed by atoms with Gasteiger partial charge in [0.1, 0.15) is 0 Å². The van der Waals surface area contributed by atoms with E-state index in [1.807, 2.05) is 24.4 Å². The number of nitro benzene ring substituents is 1. The van der Waals surface area contributed by atoms with Crippen LogP contribution in [0, 0.1) is 10.1 Å². The van der Waals surface area contributed by atoms with Crippen molar-refractivity contribution in [1.29, 1.82) is 0 Å². The molecule has 0 spiro atoms. The second-order valence-corrected chi connectivity index (χ2v) is 5.34. The molecule has 0 saturated carbocycles. The number of benzene rings is 1. The molecule has 1 aromatic heterocycles. The average Bonchev–Trinajstić information content (AvgIpc) is 2.97. The molecule has 1 aliphatic rings. The Morgan fingerprint density at radius 2 is 2.10 bits per heavy atom. The van der Waals surface area contributed by atoms with Crippen LogP contribution in [0.3, 0.4) is 0 Å². The molecule has 0 N–H and O–H groups in total. The van der Waals surface area contributed by atoms with Crippen molar-refractivity contribution in [3.05, 3.63) is 70.0 Å². The van der Waals surface area contributed by atoms with Crippen molar-refractivity contribution in [2.75, 3.05) is 6.54 Å². The van der Waals surface area contributed by atoms with Gasteiger partial charge in [-0.3, -0.25) is 20.0 Å². The molecule has 5 nitrogen and oxygen atoms in total. The summed E-state index contributed by atoms with van der Waals surface area (Å²) in [6.07, 6.45) is 6.03. The first-order valence-corrected chi connectivity index (χ1v) is 7.11. The molecule has 2 aromatic rings. The van der Waals surface area contributed by atoms with E-state index in [-0.39, 0.29) is 10.6 Å². The topological polar surface area (TPSA) is 59.3 Å². The van der Waals surface area contributed by atoms with Crippen LogP contribution in [0.1, 0.15) is 30.0 Å². The normalized spacial score (nSPS) is 18.8. The lowest BCUT2D eigenvalue weighted by Crippen LogP contribution is -2.22. The fraction of sp³-hybridized carbons (Fsp3) is 0.312. The summed E-state index contributed by atoms with van der Waals surface area (Å²) < 4.78 is 0. The van der Waals surface area contributed by atoms with Crippen molar-refractivity contribution in [2.45, 2.75) is 25.4 Å². The minimum atomic E-state index is -0.363. The van der Waals surface area contributed by atoms with E-state index >= 15 is 0 Å². The Balaban J connectivity index is 1.73. The molecule has 5 heteroatoms. The van der Waals surface area contributed by atoms with Crippen LogP contribution < -0.4 is 0 Å². The van der Waals surface area contributed by atoms with E-state index in [1.165, 1.54) is 12.0 Å². The molecular formula is C16H17N3O2. The van der Waals surface area contributed by atoms with Crippen molar-refractivity contribution < 1.29 is 4.92 Å². The van der Waals surface area contributed by atoms with Gasteiger partial charge in [0.25, 0.3) is 5.69 Å². The van der Waals surface area contributed by atoms with Gasteiger partial charge in [0.15, 0.2) is 0 Å². The molecule has 1 unspecified atom stereocenters. The molecule has 1 aliphatic heterocycles. The van der Waals surface area contributed by atoms with Crippen molar-refractivity contribution in [2.24, 2.45) is 0 Å². The van der Waals surface area contributed by atoms with Crippen LogP contribution in [0.2, 0.25) is 0 Å². The summed E-state index contributed by atoms with van der Waals surface area (Å²) in [6, 6.07) is 11.3. The predicted molar refractivity (Wildman–Crippen MR) is 79.7 cm³/mol. The molecule has 2 heterocycles. The van der Waals surface area contributed by atoms with E-state index in [1.54, 1.807) is 18.3 Å². The lowest BCUT2D eigenvalue weighted by atomic mass is 10.1. The van der Waals surface area contributed by atoms with Crippen molar-refractivity contribution in [3.63, 3.8) is 0 Å². The summed E-state index contributed by atoms with van der Waals surface area (Å²) in [6.45, 7) is 1.87. The van der Waals surface area contributed by atoms with Gasteiger partial charge in [-0.2, -0.15) is 0 Å². The number of likely N-dealkylation sites (tertiary alicyclic amines) is 1. The molecule has 0 radical (unpaired) electrons. The van der Waals surface area contributed by atoms with Crippen LogP contribution in [-0.2, 0) is 6.54 Å². The number of hydrogen-bond acceptors (Lipinski definition) is 4. The van der Waals surface area contributed by atoms with E-state index in [0.29, 0.717) is 6.04 Å². The Morgan fingerprint density at radius 3 is 2.76 bits per heavy atom.